The van der Waals surface area contributed by atoms with Crippen LogP contribution in [0.5, 0.6) is 5.75 Å². The molecule has 3 aromatic carbocycles. The summed E-state index contributed by atoms with van der Waals surface area (Å²) >= 11 is 0. The normalized spacial score (nSPS) is 14.8. The molecule has 2 atom stereocenters. The molecule has 0 aromatic heterocycles. The van der Waals surface area contributed by atoms with E-state index in [0.717, 1.165) is 10.8 Å². The Kier molecular flexibility index (Phi) is 7.87. The van der Waals surface area contributed by atoms with Gasteiger partial charge >= 0.3 is 6.09 Å². The highest BCUT2D eigenvalue weighted by atomic mass is 16.6. The lowest BCUT2D eigenvalue weighted by Crippen LogP contribution is -2.54. The molecular weight excluding hydrogens is 486 g/mol. The van der Waals surface area contributed by atoms with Crippen molar-refractivity contribution in [1.29, 1.82) is 0 Å². The second kappa shape index (κ2) is 11.1. The predicted molar refractivity (Wildman–Crippen MR) is 144 cm³/mol. The number of carbonyl (C=O) groups excluding carboxylic acids is 3. The Hall–Kier alpha value is -4.11. The fourth-order valence-electron chi connectivity index (χ4n) is 4.26. The lowest BCUT2D eigenvalue weighted by molar-refractivity contribution is -0.142. The van der Waals surface area contributed by atoms with Crippen LogP contribution in [0, 0.1) is 0 Å². The van der Waals surface area contributed by atoms with Crippen LogP contribution in [0.15, 0.2) is 66.7 Å². The lowest BCUT2D eigenvalue weighted by atomic mass is 10.0. The molecule has 0 radical (unpaired) electrons. The summed E-state index contributed by atoms with van der Waals surface area (Å²) < 4.78 is 5.26. The van der Waals surface area contributed by atoms with Crippen molar-refractivity contribution in [3.8, 4) is 5.75 Å². The van der Waals surface area contributed by atoms with Crippen molar-refractivity contribution in [2.24, 2.45) is 0 Å². The van der Waals surface area contributed by atoms with Gasteiger partial charge < -0.3 is 30.5 Å². The van der Waals surface area contributed by atoms with Gasteiger partial charge in [-0.25, -0.2) is 4.79 Å². The number of phenols is 1. The maximum absolute atomic E-state index is 13.8. The van der Waals surface area contributed by atoms with E-state index in [2.05, 4.69) is 10.6 Å². The number of carbonyl (C=O) groups is 3. The van der Waals surface area contributed by atoms with Gasteiger partial charge in [-0.05, 0) is 74.2 Å². The van der Waals surface area contributed by atoms with Crippen molar-refractivity contribution in [3.63, 3.8) is 0 Å². The largest absolute Gasteiger partial charge is 0.508 e. The number of anilines is 1. The molecule has 1 aliphatic carbocycles. The number of amides is 3. The number of nitrogens with one attached hydrogen (secondary N) is 2. The Bertz CT molecular complexity index is 1310. The summed E-state index contributed by atoms with van der Waals surface area (Å²) in [5, 5.41) is 27.2. The third-order valence-corrected chi connectivity index (χ3v) is 6.12. The minimum Gasteiger partial charge on any atom is -0.508 e. The van der Waals surface area contributed by atoms with E-state index in [-0.39, 0.29) is 11.8 Å². The monoisotopic (exact) mass is 519 g/mol. The number of ether oxygens (including phenoxy) is 1. The molecule has 3 aromatic rings. The highest BCUT2D eigenvalue weighted by Gasteiger charge is 2.44. The first-order chi connectivity index (χ1) is 18.1. The molecule has 9 nitrogen and oxygen atoms in total. The van der Waals surface area contributed by atoms with Crippen molar-refractivity contribution in [3.05, 3.63) is 72.3 Å². The Morgan fingerprint density at radius 1 is 1.00 bits per heavy atom. The second-order valence-electron chi connectivity index (χ2n) is 10.4. The number of aromatic hydroxyl groups is 1. The number of hydrogen-bond donors (Lipinski definition) is 4. The average Bonchev–Trinajstić information content (AvgIpc) is 3.70. The van der Waals surface area contributed by atoms with Gasteiger partial charge in [0.15, 0.2) is 0 Å². The van der Waals surface area contributed by atoms with Gasteiger partial charge in [0.1, 0.15) is 23.4 Å². The maximum Gasteiger partial charge on any atom is 0.408 e. The van der Waals surface area contributed by atoms with Crippen molar-refractivity contribution in [2.75, 3.05) is 11.9 Å². The highest BCUT2D eigenvalue weighted by molar-refractivity contribution is 6.00. The first kappa shape index (κ1) is 26.9. The summed E-state index contributed by atoms with van der Waals surface area (Å²) in [7, 11) is 0. The van der Waals surface area contributed by atoms with Gasteiger partial charge in [0.2, 0.25) is 5.91 Å². The molecule has 1 saturated carbocycles. The van der Waals surface area contributed by atoms with Gasteiger partial charge in [0.05, 0.1) is 6.61 Å². The molecule has 0 spiro atoms. The quantitative estimate of drug-likeness (QED) is 0.355. The number of hydrogen-bond acceptors (Lipinski definition) is 6. The van der Waals surface area contributed by atoms with Crippen molar-refractivity contribution >= 4 is 34.4 Å². The second-order valence-corrected chi connectivity index (χ2v) is 10.4. The third-order valence-electron chi connectivity index (χ3n) is 6.12. The molecule has 3 amide bonds. The third kappa shape index (κ3) is 6.60. The summed E-state index contributed by atoms with van der Waals surface area (Å²) in [6, 6.07) is 16.7. The Morgan fingerprint density at radius 2 is 1.66 bits per heavy atom. The molecule has 0 saturated heterocycles. The molecule has 1 fully saturated rings. The summed E-state index contributed by atoms with van der Waals surface area (Å²) in [5.74, 6) is -1.04. The number of benzene rings is 3. The maximum atomic E-state index is 13.8. The molecule has 200 valence electrons. The fraction of sp³-hybridized carbons (Fsp3) is 0.345. The van der Waals surface area contributed by atoms with Crippen LogP contribution in [0.1, 0.15) is 45.2 Å². The number of rotatable bonds is 8. The standard InChI is InChI=1S/C29H33N3O6/c1-29(2,3)38-28(37)31-24(17-33)27(36)32(22-12-13-22)25(19-9-14-23(34)15-10-19)26(35)30-21-11-8-18-6-4-5-7-20(18)16-21/h4-11,14-16,22,24-25,33-34H,12-13,17H2,1-3H3,(H,30,35)(H,31,37). The van der Waals surface area contributed by atoms with Gasteiger partial charge in [-0.3, -0.25) is 9.59 Å². The van der Waals surface area contributed by atoms with Crippen molar-refractivity contribution in [2.45, 2.75) is 57.3 Å². The van der Waals surface area contributed by atoms with Gasteiger partial charge in [0.25, 0.3) is 5.91 Å². The molecule has 0 bridgehead atoms. The van der Waals surface area contributed by atoms with E-state index in [1.165, 1.54) is 17.0 Å². The number of aliphatic hydroxyl groups is 1. The number of fused-ring (bicyclic) bond motifs is 1. The summed E-state index contributed by atoms with van der Waals surface area (Å²) in [6.07, 6.45) is 0.505. The van der Waals surface area contributed by atoms with E-state index < -0.39 is 42.2 Å². The van der Waals surface area contributed by atoms with Crippen LogP contribution in [0.2, 0.25) is 0 Å². The molecule has 2 unspecified atom stereocenters. The molecule has 9 heteroatoms. The predicted octanol–water partition coefficient (Wildman–Crippen LogP) is 4.10. The zero-order chi connectivity index (χ0) is 27.4. The average molecular weight is 520 g/mol. The Balaban J connectivity index is 1.65. The van der Waals surface area contributed by atoms with Crippen LogP contribution in [0.4, 0.5) is 10.5 Å². The van der Waals surface area contributed by atoms with E-state index in [4.69, 9.17) is 4.74 Å². The number of nitrogens with zero attached hydrogens (tertiary/aromatic N) is 1. The molecule has 4 N–H and O–H groups in total. The molecular formula is C29H33N3O6. The van der Waals surface area contributed by atoms with Gasteiger partial charge in [0, 0.05) is 11.7 Å². The van der Waals surface area contributed by atoms with E-state index >= 15 is 0 Å². The smallest absolute Gasteiger partial charge is 0.408 e. The molecule has 0 aliphatic heterocycles. The van der Waals surface area contributed by atoms with Crippen LogP contribution in [0.25, 0.3) is 10.8 Å². The van der Waals surface area contributed by atoms with Crippen LogP contribution in [-0.2, 0) is 14.3 Å². The molecule has 4 rings (SSSR count). The minimum atomic E-state index is -1.31. The molecule has 0 heterocycles. The minimum absolute atomic E-state index is 0.0200. The first-order valence-corrected chi connectivity index (χ1v) is 12.6. The highest BCUT2D eigenvalue weighted by Crippen LogP contribution is 2.36. The summed E-state index contributed by atoms with van der Waals surface area (Å²) in [6.45, 7) is 4.40. The van der Waals surface area contributed by atoms with E-state index in [9.17, 15) is 24.6 Å². The fourth-order valence-corrected chi connectivity index (χ4v) is 4.26. The summed E-state index contributed by atoms with van der Waals surface area (Å²) in [4.78, 5) is 41.3. The first-order valence-electron chi connectivity index (χ1n) is 12.6. The Morgan fingerprint density at radius 3 is 2.26 bits per heavy atom. The van der Waals surface area contributed by atoms with Gasteiger partial charge in [-0.15, -0.1) is 0 Å². The SMILES string of the molecule is CC(C)(C)OC(=O)NC(CO)C(=O)N(C1CC1)C(C(=O)Nc1ccc2ccccc2c1)c1ccc(O)cc1. The molecule has 1 aliphatic rings. The van der Waals surface area contributed by atoms with E-state index in [1.807, 2.05) is 36.4 Å². The van der Waals surface area contributed by atoms with Gasteiger partial charge in [-0.2, -0.15) is 0 Å². The Labute approximate surface area is 221 Å². The lowest BCUT2D eigenvalue weighted by Gasteiger charge is -2.34. The number of aliphatic hydroxyl groups excluding tert-OH is 1. The van der Waals surface area contributed by atoms with Crippen LogP contribution in [0.3, 0.4) is 0 Å². The summed E-state index contributed by atoms with van der Waals surface area (Å²) in [5.41, 5.74) is 0.249. The number of alkyl carbamates (subject to hydrolysis) is 1. The zero-order valence-electron chi connectivity index (χ0n) is 21.7. The van der Waals surface area contributed by atoms with Gasteiger partial charge in [-0.1, -0.05) is 42.5 Å². The van der Waals surface area contributed by atoms with Crippen molar-refractivity contribution < 1.29 is 29.3 Å². The molecule has 38 heavy (non-hydrogen) atoms. The zero-order valence-corrected chi connectivity index (χ0v) is 21.7. The van der Waals surface area contributed by atoms with Crippen LogP contribution < -0.4 is 10.6 Å². The van der Waals surface area contributed by atoms with Crippen LogP contribution in [-0.4, -0.2) is 57.3 Å². The number of phenolic OH excluding ortho intramolecular Hbond substituents is 1. The van der Waals surface area contributed by atoms with Crippen molar-refractivity contribution in [1.82, 2.24) is 10.2 Å². The van der Waals surface area contributed by atoms with E-state index in [1.54, 1.807) is 39.0 Å². The topological polar surface area (TPSA) is 128 Å². The van der Waals surface area contributed by atoms with Crippen LogP contribution >= 0.6 is 0 Å². The van der Waals surface area contributed by atoms with E-state index in [0.29, 0.717) is 24.1 Å².